The van der Waals surface area contributed by atoms with Gasteiger partial charge >= 0.3 is 0 Å². The molecule has 0 aromatic carbocycles. The third-order valence-electron chi connectivity index (χ3n) is 3.73. The molecule has 21 heavy (non-hydrogen) atoms. The summed E-state index contributed by atoms with van der Waals surface area (Å²) in [7, 11) is 0. The molecular weight excluding hydrogens is 290 g/mol. The largest absolute Gasteiger partial charge is 0.440 e. The lowest BCUT2D eigenvalue weighted by atomic mass is 10.00. The van der Waals surface area contributed by atoms with E-state index in [0.717, 1.165) is 31.5 Å². The SMILES string of the molecule is Nc1ccc(CC2CCN(C(=O)c3ccc(Cl)o3)C2)cn1. The van der Waals surface area contributed by atoms with Crippen molar-refractivity contribution in [3.05, 3.63) is 47.0 Å². The second kappa shape index (κ2) is 5.77. The molecule has 1 aliphatic rings. The first kappa shape index (κ1) is 13.9. The lowest BCUT2D eigenvalue weighted by Crippen LogP contribution is -2.28. The maximum atomic E-state index is 12.2. The van der Waals surface area contributed by atoms with Gasteiger partial charge in [0.1, 0.15) is 5.82 Å². The van der Waals surface area contributed by atoms with Crippen molar-refractivity contribution in [1.82, 2.24) is 9.88 Å². The monoisotopic (exact) mass is 305 g/mol. The zero-order valence-corrected chi connectivity index (χ0v) is 12.2. The molecule has 1 atom stereocenters. The van der Waals surface area contributed by atoms with E-state index in [1.165, 1.54) is 0 Å². The smallest absolute Gasteiger partial charge is 0.289 e. The molecule has 2 aromatic rings. The first-order chi connectivity index (χ1) is 10.1. The van der Waals surface area contributed by atoms with Crippen molar-refractivity contribution < 1.29 is 9.21 Å². The Morgan fingerprint density at radius 3 is 2.95 bits per heavy atom. The summed E-state index contributed by atoms with van der Waals surface area (Å²) in [4.78, 5) is 18.2. The third kappa shape index (κ3) is 3.19. The van der Waals surface area contributed by atoms with Gasteiger partial charge in [-0.15, -0.1) is 0 Å². The Kier molecular flexibility index (Phi) is 3.84. The van der Waals surface area contributed by atoms with Crippen LogP contribution in [0.2, 0.25) is 5.22 Å². The van der Waals surface area contributed by atoms with Gasteiger partial charge < -0.3 is 15.1 Å². The molecule has 0 radical (unpaired) electrons. The molecule has 6 heteroatoms. The molecule has 1 fully saturated rings. The standard InChI is InChI=1S/C15H16ClN3O2/c16-13-3-2-12(21-13)15(20)19-6-5-11(9-19)7-10-1-4-14(17)18-8-10/h1-4,8,11H,5-7,9H2,(H2,17,18). The van der Waals surface area contributed by atoms with Crippen molar-refractivity contribution in [2.45, 2.75) is 12.8 Å². The van der Waals surface area contributed by atoms with Crippen LogP contribution in [0.4, 0.5) is 5.82 Å². The Balaban J connectivity index is 1.60. The first-order valence-electron chi connectivity index (χ1n) is 6.87. The van der Waals surface area contributed by atoms with Crippen LogP contribution in [-0.2, 0) is 6.42 Å². The van der Waals surface area contributed by atoms with Crippen molar-refractivity contribution in [3.8, 4) is 0 Å². The molecule has 0 spiro atoms. The van der Waals surface area contributed by atoms with Gasteiger partial charge in [-0.2, -0.15) is 0 Å². The van der Waals surface area contributed by atoms with Gasteiger partial charge in [0.05, 0.1) is 0 Å². The maximum Gasteiger partial charge on any atom is 0.289 e. The number of furan rings is 1. The van der Waals surface area contributed by atoms with Gasteiger partial charge in [-0.05, 0) is 54.1 Å². The number of anilines is 1. The maximum absolute atomic E-state index is 12.2. The molecule has 3 rings (SSSR count). The van der Waals surface area contributed by atoms with Crippen LogP contribution in [0.5, 0.6) is 0 Å². The van der Waals surface area contributed by atoms with E-state index in [-0.39, 0.29) is 11.1 Å². The zero-order chi connectivity index (χ0) is 14.8. The fourth-order valence-corrected chi connectivity index (χ4v) is 2.80. The molecular formula is C15H16ClN3O2. The summed E-state index contributed by atoms with van der Waals surface area (Å²) >= 11 is 5.71. The average Bonchev–Trinajstić information content (AvgIpc) is 3.10. The average molecular weight is 306 g/mol. The van der Waals surface area contributed by atoms with Crippen molar-refractivity contribution >= 4 is 23.3 Å². The minimum absolute atomic E-state index is 0.0974. The van der Waals surface area contributed by atoms with Gasteiger partial charge in [0.2, 0.25) is 0 Å². The topological polar surface area (TPSA) is 72.4 Å². The van der Waals surface area contributed by atoms with Crippen molar-refractivity contribution in [2.24, 2.45) is 5.92 Å². The number of nitrogen functional groups attached to an aromatic ring is 1. The van der Waals surface area contributed by atoms with Crippen LogP contribution in [0.1, 0.15) is 22.5 Å². The minimum Gasteiger partial charge on any atom is -0.440 e. The number of hydrogen-bond acceptors (Lipinski definition) is 4. The molecule has 5 nitrogen and oxygen atoms in total. The van der Waals surface area contributed by atoms with Crippen LogP contribution in [0, 0.1) is 5.92 Å². The number of pyridine rings is 1. The number of rotatable bonds is 3. The molecule has 0 saturated carbocycles. The van der Waals surface area contributed by atoms with E-state index in [4.69, 9.17) is 21.8 Å². The summed E-state index contributed by atoms with van der Waals surface area (Å²) in [5, 5.41) is 0.238. The summed E-state index contributed by atoms with van der Waals surface area (Å²) in [6.45, 7) is 1.46. The number of amides is 1. The van der Waals surface area contributed by atoms with Crippen molar-refractivity contribution in [3.63, 3.8) is 0 Å². The lowest BCUT2D eigenvalue weighted by Gasteiger charge is -2.15. The number of aromatic nitrogens is 1. The van der Waals surface area contributed by atoms with Crippen molar-refractivity contribution in [1.29, 1.82) is 0 Å². The van der Waals surface area contributed by atoms with E-state index < -0.39 is 0 Å². The van der Waals surface area contributed by atoms with Crippen LogP contribution in [-0.4, -0.2) is 28.9 Å². The van der Waals surface area contributed by atoms with E-state index in [0.29, 0.717) is 17.5 Å². The summed E-state index contributed by atoms with van der Waals surface area (Å²) in [5.74, 6) is 1.16. The molecule has 2 aromatic heterocycles. The van der Waals surface area contributed by atoms with Gasteiger partial charge in [-0.25, -0.2) is 4.98 Å². The normalized spacial score (nSPS) is 18.1. The predicted molar refractivity (Wildman–Crippen MR) is 80.1 cm³/mol. The highest BCUT2D eigenvalue weighted by molar-refractivity contribution is 6.29. The number of nitrogens with zero attached hydrogens (tertiary/aromatic N) is 2. The van der Waals surface area contributed by atoms with Crippen LogP contribution in [0.3, 0.4) is 0 Å². The molecule has 0 bridgehead atoms. The van der Waals surface area contributed by atoms with E-state index in [2.05, 4.69) is 4.98 Å². The number of halogens is 1. The number of carbonyl (C=O) groups excluding carboxylic acids is 1. The number of likely N-dealkylation sites (tertiary alicyclic amines) is 1. The minimum atomic E-state index is -0.0974. The fraction of sp³-hybridized carbons (Fsp3) is 0.333. The van der Waals surface area contributed by atoms with Gasteiger partial charge in [-0.3, -0.25) is 4.79 Å². The highest BCUT2D eigenvalue weighted by Gasteiger charge is 2.28. The Labute approximate surface area is 127 Å². The first-order valence-corrected chi connectivity index (χ1v) is 7.24. The van der Waals surface area contributed by atoms with Gasteiger partial charge in [0.15, 0.2) is 11.0 Å². The molecule has 110 valence electrons. The van der Waals surface area contributed by atoms with E-state index >= 15 is 0 Å². The Morgan fingerprint density at radius 2 is 2.29 bits per heavy atom. The molecule has 3 heterocycles. The molecule has 1 amide bonds. The summed E-state index contributed by atoms with van der Waals surface area (Å²) < 4.78 is 5.17. The molecule has 2 N–H and O–H groups in total. The van der Waals surface area contributed by atoms with E-state index in [9.17, 15) is 4.79 Å². The van der Waals surface area contributed by atoms with Gasteiger partial charge in [-0.1, -0.05) is 6.07 Å². The van der Waals surface area contributed by atoms with Gasteiger partial charge in [0, 0.05) is 19.3 Å². The van der Waals surface area contributed by atoms with Gasteiger partial charge in [0.25, 0.3) is 5.91 Å². The number of nitrogens with two attached hydrogens (primary N) is 1. The lowest BCUT2D eigenvalue weighted by molar-refractivity contribution is 0.0755. The second-order valence-electron chi connectivity index (χ2n) is 5.31. The molecule has 1 aliphatic heterocycles. The zero-order valence-electron chi connectivity index (χ0n) is 11.5. The van der Waals surface area contributed by atoms with Crippen LogP contribution in [0.15, 0.2) is 34.9 Å². The van der Waals surface area contributed by atoms with E-state index in [1.54, 1.807) is 24.4 Å². The Hall–Kier alpha value is -2.01. The van der Waals surface area contributed by atoms with Crippen LogP contribution < -0.4 is 5.73 Å². The van der Waals surface area contributed by atoms with E-state index in [1.807, 2.05) is 11.0 Å². The summed E-state index contributed by atoms with van der Waals surface area (Å²) in [6, 6.07) is 6.99. The highest BCUT2D eigenvalue weighted by atomic mass is 35.5. The number of carbonyl (C=O) groups is 1. The second-order valence-corrected chi connectivity index (χ2v) is 5.68. The van der Waals surface area contributed by atoms with Crippen molar-refractivity contribution in [2.75, 3.05) is 18.8 Å². The third-order valence-corrected chi connectivity index (χ3v) is 3.93. The molecule has 1 unspecified atom stereocenters. The number of hydrogen-bond donors (Lipinski definition) is 1. The summed E-state index contributed by atoms with van der Waals surface area (Å²) in [5.41, 5.74) is 6.72. The summed E-state index contributed by atoms with van der Waals surface area (Å²) in [6.07, 6.45) is 3.67. The van der Waals surface area contributed by atoms with Crippen LogP contribution in [0.25, 0.3) is 0 Å². The quantitative estimate of drug-likeness (QED) is 0.946. The molecule has 0 aliphatic carbocycles. The molecule has 1 saturated heterocycles. The van der Waals surface area contributed by atoms with Crippen LogP contribution >= 0.6 is 11.6 Å². The Bertz CT molecular complexity index is 639. The predicted octanol–water partition coefficient (Wildman–Crippen LogP) is 2.62. The Morgan fingerprint density at radius 1 is 1.43 bits per heavy atom. The fourth-order valence-electron chi connectivity index (χ4n) is 2.66. The highest BCUT2D eigenvalue weighted by Crippen LogP contribution is 2.23.